The molecule has 0 aromatic heterocycles. The van der Waals surface area contributed by atoms with Crippen LogP contribution in [-0.2, 0) is 19.1 Å². The number of hydrogen-bond acceptors (Lipinski definition) is 7. The van der Waals surface area contributed by atoms with Crippen LogP contribution in [0.25, 0.3) is 11.1 Å². The van der Waals surface area contributed by atoms with Crippen molar-refractivity contribution >= 4 is 18.0 Å². The van der Waals surface area contributed by atoms with Crippen molar-refractivity contribution in [2.45, 2.75) is 121 Å². The van der Waals surface area contributed by atoms with Crippen LogP contribution in [0.1, 0.15) is 102 Å². The van der Waals surface area contributed by atoms with Crippen molar-refractivity contribution < 1.29 is 34.1 Å². The number of carboxylic acid groups (broad SMARTS) is 1. The van der Waals surface area contributed by atoms with Gasteiger partial charge in [0, 0.05) is 18.0 Å². The lowest BCUT2D eigenvalue weighted by Crippen LogP contribution is -2.55. The normalized spacial score (nSPS) is 18.1. The molecule has 10 heteroatoms. The maximum atomic E-state index is 12.6. The van der Waals surface area contributed by atoms with Crippen molar-refractivity contribution in [3.8, 4) is 11.1 Å². The van der Waals surface area contributed by atoms with E-state index in [1.165, 1.54) is 64.2 Å². The van der Waals surface area contributed by atoms with Gasteiger partial charge in [-0.2, -0.15) is 0 Å². The van der Waals surface area contributed by atoms with Crippen molar-refractivity contribution in [3.63, 3.8) is 0 Å². The second-order valence-corrected chi connectivity index (χ2v) is 13.9. The Kier molecular flexibility index (Phi) is 13.6. The van der Waals surface area contributed by atoms with Gasteiger partial charge in [0.2, 0.25) is 5.91 Å². The summed E-state index contributed by atoms with van der Waals surface area (Å²) in [4.78, 5) is 36.4. The van der Waals surface area contributed by atoms with Gasteiger partial charge in [-0.05, 0) is 68.7 Å². The van der Waals surface area contributed by atoms with E-state index in [4.69, 9.17) is 14.6 Å². The van der Waals surface area contributed by atoms with Crippen LogP contribution in [-0.4, -0.2) is 77.8 Å². The molecule has 3 aliphatic carbocycles. The summed E-state index contributed by atoms with van der Waals surface area (Å²) in [5.74, 6) is -2.35. The van der Waals surface area contributed by atoms with Gasteiger partial charge in [-0.3, -0.25) is 4.79 Å². The van der Waals surface area contributed by atoms with Gasteiger partial charge in [0.1, 0.15) is 18.7 Å². The van der Waals surface area contributed by atoms with Crippen LogP contribution in [0.5, 0.6) is 0 Å². The number of nitrogens with one attached hydrogen (secondary N) is 3. The summed E-state index contributed by atoms with van der Waals surface area (Å²) in [5.41, 5.74) is 3.67. The molecule has 2 saturated carbocycles. The lowest BCUT2D eigenvalue weighted by molar-refractivity contribution is -0.143. The number of aliphatic carboxylic acids is 1. The quantitative estimate of drug-likeness (QED) is 0.214. The van der Waals surface area contributed by atoms with Gasteiger partial charge >= 0.3 is 12.1 Å². The van der Waals surface area contributed by atoms with Gasteiger partial charge in [-0.15, -0.1) is 0 Å². The van der Waals surface area contributed by atoms with E-state index in [-0.39, 0.29) is 19.1 Å². The number of hydrogen-bond donors (Lipinski definition) is 5. The van der Waals surface area contributed by atoms with Crippen LogP contribution < -0.4 is 16.0 Å². The second kappa shape index (κ2) is 17.6. The van der Waals surface area contributed by atoms with Crippen molar-refractivity contribution in [2.75, 3.05) is 19.8 Å². The summed E-state index contributed by atoms with van der Waals surface area (Å²) in [7, 11) is 0. The summed E-state index contributed by atoms with van der Waals surface area (Å²) in [6.07, 6.45) is 13.7. The number of carbonyl (C=O) groups excluding carboxylic acids is 2. The minimum atomic E-state index is -1.51. The Morgan fingerprint density at radius 2 is 1.30 bits per heavy atom. The Morgan fingerprint density at radius 3 is 1.77 bits per heavy atom. The summed E-state index contributed by atoms with van der Waals surface area (Å²) in [5, 5.41) is 26.8. The molecule has 258 valence electrons. The second-order valence-electron chi connectivity index (χ2n) is 13.9. The highest BCUT2D eigenvalue weighted by atomic mass is 16.5. The molecule has 2 atom stereocenters. The lowest BCUT2D eigenvalue weighted by atomic mass is 9.91. The number of carboxylic acids is 1. The molecule has 2 amide bonds. The van der Waals surface area contributed by atoms with Gasteiger partial charge in [-0.25, -0.2) is 9.59 Å². The predicted molar refractivity (Wildman–Crippen MR) is 181 cm³/mol. The summed E-state index contributed by atoms with van der Waals surface area (Å²) in [6, 6.07) is 14.8. The number of benzene rings is 2. The Morgan fingerprint density at radius 1 is 0.787 bits per heavy atom. The van der Waals surface area contributed by atoms with E-state index in [0.717, 1.165) is 34.3 Å². The van der Waals surface area contributed by atoms with E-state index in [1.54, 1.807) is 20.8 Å². The highest BCUT2D eigenvalue weighted by molar-refractivity contribution is 5.89. The number of alkyl carbamates (subject to hydrolysis) is 1. The molecule has 2 aromatic carbocycles. The van der Waals surface area contributed by atoms with Crippen molar-refractivity contribution in [1.29, 1.82) is 0 Å². The van der Waals surface area contributed by atoms with E-state index in [1.807, 2.05) is 48.5 Å². The summed E-state index contributed by atoms with van der Waals surface area (Å²) >= 11 is 0. The first-order valence-corrected chi connectivity index (χ1v) is 17.2. The molecule has 0 saturated heterocycles. The topological polar surface area (TPSA) is 146 Å². The molecule has 0 aliphatic heterocycles. The van der Waals surface area contributed by atoms with Gasteiger partial charge < -0.3 is 35.6 Å². The Hall–Kier alpha value is -3.47. The number of ether oxygens (including phenoxy) is 2. The fraction of sp³-hybridized carbons (Fsp3) is 0.595. The van der Waals surface area contributed by atoms with Gasteiger partial charge in [-0.1, -0.05) is 87.1 Å². The smallest absolute Gasteiger partial charge is 0.407 e. The first kappa shape index (κ1) is 36.4. The van der Waals surface area contributed by atoms with Crippen LogP contribution in [0.2, 0.25) is 0 Å². The molecule has 5 N–H and O–H groups in total. The molecule has 0 heterocycles. The molecular formula is C37H53N3O7. The average molecular weight is 652 g/mol. The monoisotopic (exact) mass is 651 g/mol. The van der Waals surface area contributed by atoms with Crippen LogP contribution >= 0.6 is 0 Å². The molecule has 47 heavy (non-hydrogen) atoms. The SMILES string of the molecule is C1CCC(NC2CCCCC2)CC1.CC(C)(C)OCC(NC(=O)OCC1c2ccccc2-c2ccccc21)C(=O)N[C@@H](CO)C(=O)O. The average Bonchev–Trinajstić information content (AvgIpc) is 3.38. The molecule has 0 spiro atoms. The third-order valence-corrected chi connectivity index (χ3v) is 9.11. The lowest BCUT2D eigenvalue weighted by Gasteiger charge is -2.30. The zero-order valence-electron chi connectivity index (χ0n) is 28.1. The van der Waals surface area contributed by atoms with Crippen molar-refractivity contribution in [1.82, 2.24) is 16.0 Å². The van der Waals surface area contributed by atoms with E-state index in [0.29, 0.717) is 0 Å². The molecule has 0 bridgehead atoms. The number of amides is 2. The largest absolute Gasteiger partial charge is 0.480 e. The van der Waals surface area contributed by atoms with Crippen LogP contribution in [0.3, 0.4) is 0 Å². The number of rotatable bonds is 11. The van der Waals surface area contributed by atoms with Gasteiger partial charge in [0.05, 0.1) is 18.8 Å². The molecule has 2 fully saturated rings. The van der Waals surface area contributed by atoms with Crippen molar-refractivity contribution in [3.05, 3.63) is 59.7 Å². The first-order chi connectivity index (χ1) is 22.6. The zero-order valence-corrected chi connectivity index (χ0v) is 28.1. The minimum Gasteiger partial charge on any atom is -0.480 e. The molecule has 0 radical (unpaired) electrons. The van der Waals surface area contributed by atoms with E-state index >= 15 is 0 Å². The number of aliphatic hydroxyl groups is 1. The minimum absolute atomic E-state index is 0.0583. The Labute approximate surface area is 279 Å². The fourth-order valence-corrected chi connectivity index (χ4v) is 6.63. The summed E-state index contributed by atoms with van der Waals surface area (Å²) in [6.45, 7) is 4.40. The van der Waals surface area contributed by atoms with Crippen molar-refractivity contribution in [2.24, 2.45) is 0 Å². The molecule has 3 aliphatic rings. The van der Waals surface area contributed by atoms with E-state index in [2.05, 4.69) is 16.0 Å². The van der Waals surface area contributed by atoms with Gasteiger partial charge in [0.25, 0.3) is 0 Å². The van der Waals surface area contributed by atoms with Gasteiger partial charge in [0.15, 0.2) is 0 Å². The summed E-state index contributed by atoms with van der Waals surface area (Å²) < 4.78 is 11.1. The molecule has 2 aromatic rings. The fourth-order valence-electron chi connectivity index (χ4n) is 6.63. The maximum absolute atomic E-state index is 12.6. The van der Waals surface area contributed by atoms with Crippen LogP contribution in [0, 0.1) is 0 Å². The zero-order chi connectivity index (χ0) is 33.8. The molecule has 5 rings (SSSR count). The predicted octanol–water partition coefficient (Wildman–Crippen LogP) is 5.51. The number of fused-ring (bicyclic) bond motifs is 3. The first-order valence-electron chi connectivity index (χ1n) is 17.2. The van der Waals surface area contributed by atoms with E-state index < -0.39 is 42.3 Å². The highest BCUT2D eigenvalue weighted by Gasteiger charge is 2.31. The third-order valence-electron chi connectivity index (χ3n) is 9.11. The number of carbonyl (C=O) groups is 3. The Balaban J connectivity index is 0.000000318. The Bertz CT molecular complexity index is 1250. The van der Waals surface area contributed by atoms with Crippen LogP contribution in [0.15, 0.2) is 48.5 Å². The standard InChI is InChI=1S/C25H30N2O7.C12H23N/c1-25(2,3)34-14-21(22(29)26-20(12-28)23(30)31)27-24(32)33-13-19-17-10-6-4-8-15(17)16-9-5-7-11-18(16)19;1-3-7-11(8-4-1)13-12-9-5-2-6-10-12/h4-11,19-21,28H,12-14H2,1-3H3,(H,26,29)(H,27,32)(H,30,31);11-13H,1-10H2/t20-,21?;/m0./s1. The highest BCUT2D eigenvalue weighted by Crippen LogP contribution is 2.44. The van der Waals surface area contributed by atoms with E-state index in [9.17, 15) is 19.5 Å². The molecule has 10 nitrogen and oxygen atoms in total. The van der Waals surface area contributed by atoms with Crippen LogP contribution in [0.4, 0.5) is 4.79 Å². The maximum Gasteiger partial charge on any atom is 0.407 e. The number of aliphatic hydroxyl groups excluding tert-OH is 1. The third kappa shape index (κ3) is 11.0. The molecule has 1 unspecified atom stereocenters. The molecular weight excluding hydrogens is 598 g/mol.